The van der Waals surface area contributed by atoms with Gasteiger partial charge in [-0.2, -0.15) is 0 Å². The van der Waals surface area contributed by atoms with E-state index in [9.17, 15) is 9.59 Å². The second-order valence-corrected chi connectivity index (χ2v) is 10.4. The van der Waals surface area contributed by atoms with Crippen molar-refractivity contribution in [2.75, 3.05) is 0 Å². The van der Waals surface area contributed by atoms with E-state index in [1.54, 1.807) is 6.92 Å². The Hall–Kier alpha value is -0.370. The highest BCUT2D eigenvalue weighted by Gasteiger charge is 2.67. The van der Waals surface area contributed by atoms with E-state index in [0.29, 0.717) is 29.3 Å². The summed E-state index contributed by atoms with van der Waals surface area (Å²) in [5.74, 6) is 2.68. The quantitative estimate of drug-likeness (QED) is 0.612. The Balaban J connectivity index is 1.69. The van der Waals surface area contributed by atoms with Gasteiger partial charge in [0.05, 0.1) is 4.87 Å². The van der Waals surface area contributed by atoms with Gasteiger partial charge in [-0.3, -0.25) is 9.59 Å². The molecule has 4 aliphatic rings. The second-order valence-electron chi connectivity index (χ2n) is 9.76. The number of ketones is 2. The molecule has 0 saturated heterocycles. The highest BCUT2D eigenvalue weighted by molar-refractivity contribution is 6.25. The minimum atomic E-state index is -0.207. The molecule has 0 aromatic heterocycles. The molecule has 2 nitrogen and oxygen atoms in total. The number of hydrogen-bond donors (Lipinski definition) is 0. The molecule has 0 aliphatic heterocycles. The number of carbonyl (C=O) groups is 2. The highest BCUT2D eigenvalue weighted by Crippen LogP contribution is 2.71. The Labute approximate surface area is 151 Å². The number of carbonyl (C=O) groups excluding carboxylic acids is 2. The van der Waals surface area contributed by atoms with Gasteiger partial charge in [-0.1, -0.05) is 13.8 Å². The summed E-state index contributed by atoms with van der Waals surface area (Å²) in [6.45, 7) is 6.50. The van der Waals surface area contributed by atoms with Crippen molar-refractivity contribution in [3.63, 3.8) is 0 Å². The predicted octanol–water partition coefficient (Wildman–Crippen LogP) is 5.16. The van der Waals surface area contributed by atoms with E-state index < -0.39 is 0 Å². The van der Waals surface area contributed by atoms with E-state index in [1.807, 2.05) is 0 Å². The molecule has 134 valence electrons. The minimum Gasteiger partial charge on any atom is -0.300 e. The third kappa shape index (κ3) is 2.01. The SMILES string of the molecule is CC(=O)[C@@H]1CC[C@]2(Cl)[C@@H]3CC[C@@H]4CC(=O)CC[C@]4(C)[C@H]3CC[C@]12C. The second kappa shape index (κ2) is 5.32. The lowest BCUT2D eigenvalue weighted by atomic mass is 9.44. The third-order valence-electron chi connectivity index (χ3n) is 9.08. The molecule has 0 radical (unpaired) electrons. The van der Waals surface area contributed by atoms with E-state index in [1.165, 1.54) is 6.42 Å². The average Bonchev–Trinajstić information content (AvgIpc) is 2.80. The molecule has 0 aromatic rings. The van der Waals surface area contributed by atoms with Gasteiger partial charge >= 0.3 is 0 Å². The molecule has 0 aromatic carbocycles. The Morgan fingerprint density at radius 2 is 1.79 bits per heavy atom. The zero-order chi connectivity index (χ0) is 17.3. The topological polar surface area (TPSA) is 34.1 Å². The molecule has 0 heterocycles. The monoisotopic (exact) mass is 350 g/mol. The minimum absolute atomic E-state index is 0.0325. The molecule has 3 heteroatoms. The lowest BCUT2D eigenvalue weighted by Crippen LogP contribution is -2.60. The number of halogens is 1. The van der Waals surface area contributed by atoms with Crippen molar-refractivity contribution >= 4 is 23.2 Å². The molecule has 4 saturated carbocycles. The summed E-state index contributed by atoms with van der Waals surface area (Å²) in [5.41, 5.74) is 0.254. The van der Waals surface area contributed by atoms with Crippen LogP contribution in [0, 0.1) is 34.5 Å². The maximum absolute atomic E-state index is 12.2. The number of hydrogen-bond acceptors (Lipinski definition) is 2. The number of alkyl halides is 1. The molecule has 0 unspecified atom stereocenters. The van der Waals surface area contributed by atoms with Crippen LogP contribution in [0.5, 0.6) is 0 Å². The largest absolute Gasteiger partial charge is 0.300 e. The first-order chi connectivity index (χ1) is 11.2. The molecule has 24 heavy (non-hydrogen) atoms. The Bertz CT molecular complexity index is 586. The van der Waals surface area contributed by atoms with Crippen molar-refractivity contribution in [2.45, 2.75) is 83.4 Å². The van der Waals surface area contributed by atoms with Crippen LogP contribution >= 0.6 is 11.6 Å². The molecule has 4 fully saturated rings. The predicted molar refractivity (Wildman–Crippen MR) is 96.0 cm³/mol. The molecule has 4 aliphatic carbocycles. The van der Waals surface area contributed by atoms with Crippen LogP contribution < -0.4 is 0 Å². The first-order valence-electron chi connectivity index (χ1n) is 9.93. The van der Waals surface area contributed by atoms with Gasteiger partial charge in [-0.25, -0.2) is 0 Å². The normalized spacial score (nSPS) is 53.9. The Kier molecular flexibility index (Phi) is 3.78. The van der Waals surface area contributed by atoms with Crippen LogP contribution in [-0.4, -0.2) is 16.4 Å². The lowest BCUT2D eigenvalue weighted by molar-refractivity contribution is -0.140. The third-order valence-corrected chi connectivity index (χ3v) is 9.98. The van der Waals surface area contributed by atoms with Gasteiger partial charge in [0.1, 0.15) is 11.6 Å². The first kappa shape index (κ1) is 17.1. The van der Waals surface area contributed by atoms with Crippen LogP contribution in [0.15, 0.2) is 0 Å². The summed E-state index contributed by atoms with van der Waals surface area (Å²) in [7, 11) is 0. The van der Waals surface area contributed by atoms with E-state index in [2.05, 4.69) is 13.8 Å². The average molecular weight is 351 g/mol. The van der Waals surface area contributed by atoms with Gasteiger partial charge in [0.2, 0.25) is 0 Å². The van der Waals surface area contributed by atoms with Crippen LogP contribution in [0.1, 0.15) is 78.6 Å². The fourth-order valence-corrected chi connectivity index (χ4v) is 8.21. The van der Waals surface area contributed by atoms with Crippen LogP contribution in [0.4, 0.5) is 0 Å². The van der Waals surface area contributed by atoms with Crippen molar-refractivity contribution in [2.24, 2.45) is 34.5 Å². The van der Waals surface area contributed by atoms with Crippen molar-refractivity contribution < 1.29 is 9.59 Å². The summed E-state index contributed by atoms with van der Waals surface area (Å²) in [6, 6.07) is 0. The summed E-state index contributed by atoms with van der Waals surface area (Å²) in [5, 5.41) is 0. The zero-order valence-electron chi connectivity index (χ0n) is 15.4. The molecular weight excluding hydrogens is 320 g/mol. The van der Waals surface area contributed by atoms with Crippen molar-refractivity contribution in [1.29, 1.82) is 0 Å². The first-order valence-corrected chi connectivity index (χ1v) is 10.3. The molecule has 4 rings (SSSR count). The summed E-state index contributed by atoms with van der Waals surface area (Å²) >= 11 is 7.43. The molecule has 0 N–H and O–H groups in total. The maximum atomic E-state index is 12.2. The summed E-state index contributed by atoms with van der Waals surface area (Å²) in [6.07, 6.45) is 9.16. The molecule has 0 amide bonds. The Morgan fingerprint density at radius 3 is 2.50 bits per heavy atom. The fraction of sp³-hybridized carbons (Fsp3) is 0.905. The van der Waals surface area contributed by atoms with E-state index >= 15 is 0 Å². The van der Waals surface area contributed by atoms with Crippen LogP contribution in [0.25, 0.3) is 0 Å². The number of fused-ring (bicyclic) bond motifs is 5. The standard InChI is InChI=1S/C21H31ClO2/c1-13(23)16-8-11-21(22)18-5-4-14-12-15(24)6-9-19(14,2)17(18)7-10-20(16,21)3/h14,16-18H,4-12H2,1-3H3/t14-,16+,17+,18-,19+,20-,21+/m1/s1. The Morgan fingerprint density at radius 1 is 1.04 bits per heavy atom. The highest BCUT2D eigenvalue weighted by atomic mass is 35.5. The summed E-state index contributed by atoms with van der Waals surface area (Å²) < 4.78 is 0. The molecule has 0 bridgehead atoms. The van der Waals surface area contributed by atoms with Crippen molar-refractivity contribution in [3.05, 3.63) is 0 Å². The van der Waals surface area contributed by atoms with Crippen molar-refractivity contribution in [3.8, 4) is 0 Å². The van der Waals surface area contributed by atoms with Gasteiger partial charge in [-0.05, 0) is 80.5 Å². The lowest BCUT2D eigenvalue weighted by Gasteiger charge is -2.63. The number of rotatable bonds is 1. The number of Topliss-reactive ketones (excluding diaryl/α,β-unsaturated/α-hetero) is 2. The summed E-state index contributed by atoms with van der Waals surface area (Å²) in [4.78, 5) is 24.0. The van der Waals surface area contributed by atoms with Crippen molar-refractivity contribution in [1.82, 2.24) is 0 Å². The van der Waals surface area contributed by atoms with E-state index in [0.717, 1.165) is 51.4 Å². The van der Waals surface area contributed by atoms with E-state index in [-0.39, 0.29) is 21.6 Å². The maximum Gasteiger partial charge on any atom is 0.133 e. The molecule has 0 spiro atoms. The van der Waals surface area contributed by atoms with Gasteiger partial charge < -0.3 is 0 Å². The molecular formula is C21H31ClO2. The van der Waals surface area contributed by atoms with Gasteiger partial charge in [0, 0.05) is 18.8 Å². The van der Waals surface area contributed by atoms with Gasteiger partial charge in [0.25, 0.3) is 0 Å². The van der Waals surface area contributed by atoms with Gasteiger partial charge in [-0.15, -0.1) is 11.6 Å². The van der Waals surface area contributed by atoms with E-state index in [4.69, 9.17) is 11.6 Å². The molecule has 7 atom stereocenters. The smallest absolute Gasteiger partial charge is 0.133 e. The van der Waals surface area contributed by atoms with Crippen LogP contribution in [0.3, 0.4) is 0 Å². The zero-order valence-corrected chi connectivity index (χ0v) is 16.1. The fourth-order valence-electron chi connectivity index (χ4n) is 7.61. The van der Waals surface area contributed by atoms with Crippen LogP contribution in [-0.2, 0) is 9.59 Å². The van der Waals surface area contributed by atoms with Crippen LogP contribution in [0.2, 0.25) is 0 Å². The van der Waals surface area contributed by atoms with Gasteiger partial charge in [0.15, 0.2) is 0 Å².